The minimum Gasteiger partial charge on any atom is -0.494 e. The molecule has 0 aliphatic rings. The number of aromatic nitrogens is 2. The Balaban J connectivity index is 0.000000182. The summed E-state index contributed by atoms with van der Waals surface area (Å²) >= 11 is 0. The molecule has 0 aliphatic carbocycles. The Kier molecular flexibility index (Phi) is 11.1. The van der Waals surface area contributed by atoms with E-state index in [4.69, 9.17) is 4.74 Å². The summed E-state index contributed by atoms with van der Waals surface area (Å²) in [5.41, 5.74) is 6.58. The van der Waals surface area contributed by atoms with Crippen molar-refractivity contribution in [2.45, 2.75) is 18.5 Å². The summed E-state index contributed by atoms with van der Waals surface area (Å²) < 4.78 is 8.20. The van der Waals surface area contributed by atoms with Crippen molar-refractivity contribution in [2.24, 2.45) is 0 Å². The van der Waals surface area contributed by atoms with E-state index in [9.17, 15) is 0 Å². The maximum Gasteiger partial charge on any atom is 0.241 e. The largest absolute Gasteiger partial charge is 0.494 e. The van der Waals surface area contributed by atoms with Crippen molar-refractivity contribution < 1.29 is 4.74 Å². The molecule has 0 bridgehead atoms. The topological polar surface area (TPSA) is 27.1 Å². The van der Waals surface area contributed by atoms with Gasteiger partial charge in [-0.3, -0.25) is 0 Å². The van der Waals surface area contributed by atoms with Crippen LogP contribution in [-0.2, 0) is 5.16 Å². The van der Waals surface area contributed by atoms with E-state index in [1.807, 2.05) is 12.5 Å². The molecule has 48 heavy (non-hydrogen) atoms. The van der Waals surface area contributed by atoms with E-state index in [0.29, 0.717) is 6.71 Å². The Labute approximate surface area is 287 Å². The fourth-order valence-corrected chi connectivity index (χ4v) is 8.84. The molecule has 0 amide bonds. The summed E-state index contributed by atoms with van der Waals surface area (Å²) in [5, 5.41) is 1.10. The van der Waals surface area contributed by atoms with Crippen LogP contribution >= 0.6 is 0 Å². The Morgan fingerprint density at radius 3 is 1.52 bits per heavy atom. The van der Waals surface area contributed by atoms with Crippen LogP contribution < -0.4 is 26.3 Å². The summed E-state index contributed by atoms with van der Waals surface area (Å²) in [5.74, 6) is 0.956. The zero-order valence-electron chi connectivity index (χ0n) is 27.5. The number of ether oxygens (including phenoxy) is 1. The van der Waals surface area contributed by atoms with Crippen molar-refractivity contribution in [3.8, 4) is 5.75 Å². The van der Waals surface area contributed by atoms with Crippen LogP contribution in [0.2, 0.25) is 0 Å². The second kappa shape index (κ2) is 16.4. The number of hydrogen-bond donors (Lipinski definition) is 0. The molecule has 3 nitrogen and oxygen atoms in total. The molecule has 0 aliphatic heterocycles. The summed E-state index contributed by atoms with van der Waals surface area (Å²) in [4.78, 5) is 4.40. The number of rotatable bonds is 11. The molecule has 0 spiro atoms. The number of nitrogens with zero attached hydrogens (tertiary/aromatic N) is 2. The molecule has 7 aromatic rings. The van der Waals surface area contributed by atoms with Gasteiger partial charge in [0.15, 0.2) is 0 Å². The first-order valence-corrected chi connectivity index (χ1v) is 18.2. The van der Waals surface area contributed by atoms with Crippen LogP contribution in [0.15, 0.2) is 195 Å². The Morgan fingerprint density at radius 1 is 0.604 bits per heavy atom. The quantitative estimate of drug-likeness (QED) is 0.160. The van der Waals surface area contributed by atoms with E-state index in [1.165, 1.54) is 32.7 Å². The van der Waals surface area contributed by atoms with Gasteiger partial charge in [0.05, 0.1) is 27.6 Å². The van der Waals surface area contributed by atoms with Crippen LogP contribution in [-0.4, -0.2) is 32.4 Å². The van der Waals surface area contributed by atoms with Gasteiger partial charge in [-0.25, -0.2) is 4.98 Å². The Morgan fingerprint density at radius 2 is 1.08 bits per heavy atom. The lowest BCUT2D eigenvalue weighted by Crippen LogP contribution is -2.51. The molecule has 1 heterocycles. The van der Waals surface area contributed by atoms with E-state index < -0.39 is 9.52 Å². The minimum atomic E-state index is -0.871. The third-order valence-electron chi connectivity index (χ3n) is 8.68. The first-order chi connectivity index (χ1) is 23.8. The maximum absolute atomic E-state index is 5.92. The highest BCUT2D eigenvalue weighted by Crippen LogP contribution is 2.33. The second-order valence-corrected chi connectivity index (χ2v) is 14.1. The van der Waals surface area contributed by atoms with Crippen molar-refractivity contribution in [3.05, 3.63) is 206 Å². The van der Waals surface area contributed by atoms with Gasteiger partial charge in [-0.15, -0.1) is 0 Å². The lowest BCUT2D eigenvalue weighted by molar-refractivity contribution is 0.317. The van der Waals surface area contributed by atoms with Crippen molar-refractivity contribution in [2.75, 3.05) is 6.61 Å². The SMILES string of the molecule is CCCOc1cccc([SiH2]C(c2ccccc2)(c2ccccc2)n2ccnc2)c1.c1ccc(B(c2ccccc2)c2ccccc2)cc1. The molecule has 0 saturated heterocycles. The van der Waals surface area contributed by atoms with E-state index in [0.717, 1.165) is 18.8 Å². The van der Waals surface area contributed by atoms with Crippen molar-refractivity contribution in [3.63, 3.8) is 0 Å². The van der Waals surface area contributed by atoms with Gasteiger partial charge in [0.2, 0.25) is 6.71 Å². The molecule has 236 valence electrons. The molecule has 0 fully saturated rings. The van der Waals surface area contributed by atoms with Gasteiger partial charge in [0, 0.05) is 12.4 Å². The molecule has 1 aromatic heterocycles. The van der Waals surface area contributed by atoms with Crippen LogP contribution in [0.4, 0.5) is 0 Å². The molecule has 0 atom stereocenters. The first-order valence-electron chi connectivity index (χ1n) is 16.7. The highest BCUT2D eigenvalue weighted by Gasteiger charge is 2.36. The van der Waals surface area contributed by atoms with Gasteiger partial charge in [-0.2, -0.15) is 0 Å². The molecule has 0 saturated carbocycles. The van der Waals surface area contributed by atoms with Gasteiger partial charge >= 0.3 is 0 Å². The Bertz CT molecular complexity index is 1790. The highest BCUT2D eigenvalue weighted by molar-refractivity contribution is 6.95. The van der Waals surface area contributed by atoms with Gasteiger partial charge < -0.3 is 9.30 Å². The van der Waals surface area contributed by atoms with Gasteiger partial charge in [0.1, 0.15) is 5.75 Å². The molecule has 6 aromatic carbocycles. The van der Waals surface area contributed by atoms with E-state index in [-0.39, 0.29) is 5.16 Å². The third kappa shape index (κ3) is 7.76. The first kappa shape index (κ1) is 32.5. The van der Waals surface area contributed by atoms with Crippen molar-refractivity contribution in [1.29, 1.82) is 0 Å². The molecular formula is C43H41BN2OSi. The summed E-state index contributed by atoms with van der Waals surface area (Å²) in [6.45, 7) is 3.19. The predicted molar refractivity (Wildman–Crippen MR) is 206 cm³/mol. The fraction of sp³-hybridized carbons (Fsp3) is 0.0930. The lowest BCUT2D eigenvalue weighted by Gasteiger charge is -2.37. The van der Waals surface area contributed by atoms with E-state index >= 15 is 0 Å². The standard InChI is InChI=1S/C25H26N2OSi.C18H15B/c1-2-18-28-23-14-9-15-24(19-23)29-25(27-17-16-26-20-27,21-10-5-3-6-11-21)22-12-7-4-8-13-22;1-4-10-16(11-5-1)19(17-12-6-2-7-13-17)18-14-8-3-9-15-18/h3-17,19-20H,2,18,29H2,1H3;1-15H. The third-order valence-corrected chi connectivity index (χ3v) is 11.2. The smallest absolute Gasteiger partial charge is 0.241 e. The van der Waals surface area contributed by atoms with Crippen LogP contribution in [0.5, 0.6) is 5.75 Å². The van der Waals surface area contributed by atoms with E-state index in [2.05, 4.69) is 199 Å². The van der Waals surface area contributed by atoms with E-state index in [1.54, 1.807) is 0 Å². The number of imidazole rings is 1. The predicted octanol–water partition coefficient (Wildman–Crippen LogP) is 6.12. The fourth-order valence-electron chi connectivity index (χ4n) is 6.45. The molecule has 5 heteroatoms. The number of hydrogen-bond acceptors (Lipinski definition) is 2. The highest BCUT2D eigenvalue weighted by atomic mass is 28.2. The lowest BCUT2D eigenvalue weighted by atomic mass is 9.37. The normalized spacial score (nSPS) is 11.1. The van der Waals surface area contributed by atoms with Crippen molar-refractivity contribution in [1.82, 2.24) is 9.55 Å². The second-order valence-electron chi connectivity index (χ2n) is 11.9. The van der Waals surface area contributed by atoms with Crippen LogP contribution in [0.1, 0.15) is 24.5 Å². The Hall–Kier alpha value is -5.39. The molecular weight excluding hydrogens is 599 g/mol. The van der Waals surface area contributed by atoms with Crippen molar-refractivity contribution >= 4 is 37.8 Å². The average molecular weight is 641 g/mol. The maximum atomic E-state index is 5.92. The van der Waals surface area contributed by atoms with Gasteiger partial charge in [-0.05, 0) is 29.7 Å². The van der Waals surface area contributed by atoms with Crippen LogP contribution in [0.25, 0.3) is 0 Å². The summed E-state index contributed by atoms with van der Waals surface area (Å²) in [6.07, 6.45) is 6.92. The molecule has 7 rings (SSSR count). The molecule has 0 unspecified atom stereocenters. The average Bonchev–Trinajstić information content (AvgIpc) is 3.71. The van der Waals surface area contributed by atoms with Gasteiger partial charge in [0.25, 0.3) is 0 Å². The van der Waals surface area contributed by atoms with Gasteiger partial charge in [-0.1, -0.05) is 192 Å². The zero-order chi connectivity index (χ0) is 32.9. The monoisotopic (exact) mass is 640 g/mol. The van der Waals surface area contributed by atoms with Crippen LogP contribution in [0.3, 0.4) is 0 Å². The molecule has 0 N–H and O–H groups in total. The van der Waals surface area contributed by atoms with Crippen LogP contribution in [0, 0.1) is 0 Å². The minimum absolute atomic E-state index is 0.262. The number of benzene rings is 6. The molecule has 0 radical (unpaired) electrons. The summed E-state index contributed by atoms with van der Waals surface area (Å²) in [7, 11) is -0.871. The summed E-state index contributed by atoms with van der Waals surface area (Å²) in [6, 6.07) is 62.2. The zero-order valence-corrected chi connectivity index (χ0v) is 28.9.